The quantitative estimate of drug-likeness (QED) is 0.776. The molecule has 0 heterocycles. The summed E-state index contributed by atoms with van der Waals surface area (Å²) < 4.78 is 10.3. The highest BCUT2D eigenvalue weighted by Crippen LogP contribution is 2.22. The maximum atomic E-state index is 11.1. The standard InChI is InChI=1S/C11H14ClNO3/c1-15-5-2-6-16-10-4-3-8(12)7-9(10)11(13)14/h3-4,7H,2,5-6H2,1H3,(H2,13,14). The summed E-state index contributed by atoms with van der Waals surface area (Å²) in [6, 6.07) is 4.78. The number of benzene rings is 1. The highest BCUT2D eigenvalue weighted by molar-refractivity contribution is 6.31. The average Bonchev–Trinajstić information content (AvgIpc) is 2.26. The van der Waals surface area contributed by atoms with Crippen molar-refractivity contribution in [3.8, 4) is 5.75 Å². The van der Waals surface area contributed by atoms with Gasteiger partial charge < -0.3 is 15.2 Å². The predicted molar refractivity (Wildman–Crippen MR) is 62.0 cm³/mol. The third-order valence-corrected chi connectivity index (χ3v) is 2.19. The lowest BCUT2D eigenvalue weighted by Crippen LogP contribution is -2.13. The molecular weight excluding hydrogens is 230 g/mol. The fourth-order valence-electron chi connectivity index (χ4n) is 1.21. The fourth-order valence-corrected chi connectivity index (χ4v) is 1.38. The molecule has 5 heteroatoms. The predicted octanol–water partition coefficient (Wildman–Crippen LogP) is 1.85. The van der Waals surface area contributed by atoms with Crippen LogP contribution in [0.25, 0.3) is 0 Å². The fraction of sp³-hybridized carbons (Fsp3) is 0.364. The Kier molecular flexibility index (Phi) is 5.08. The largest absolute Gasteiger partial charge is 0.493 e. The summed E-state index contributed by atoms with van der Waals surface area (Å²) in [7, 11) is 1.62. The van der Waals surface area contributed by atoms with Gasteiger partial charge in [0, 0.05) is 25.2 Å². The number of amides is 1. The summed E-state index contributed by atoms with van der Waals surface area (Å²) in [5, 5.41) is 0.457. The first-order chi connectivity index (χ1) is 7.65. The van der Waals surface area contributed by atoms with Crippen molar-refractivity contribution in [1.29, 1.82) is 0 Å². The molecule has 0 fully saturated rings. The average molecular weight is 244 g/mol. The topological polar surface area (TPSA) is 61.6 Å². The Bertz CT molecular complexity index is 368. The molecule has 0 radical (unpaired) electrons. The summed E-state index contributed by atoms with van der Waals surface area (Å²) in [5.41, 5.74) is 5.51. The zero-order valence-corrected chi connectivity index (χ0v) is 9.79. The molecule has 0 saturated heterocycles. The number of nitrogens with two attached hydrogens (primary N) is 1. The Hall–Kier alpha value is -1.26. The van der Waals surface area contributed by atoms with Crippen molar-refractivity contribution in [1.82, 2.24) is 0 Å². The van der Waals surface area contributed by atoms with E-state index >= 15 is 0 Å². The number of methoxy groups -OCH3 is 1. The zero-order valence-electron chi connectivity index (χ0n) is 9.03. The lowest BCUT2D eigenvalue weighted by Gasteiger charge is -2.09. The van der Waals surface area contributed by atoms with Crippen LogP contribution < -0.4 is 10.5 Å². The molecule has 0 saturated carbocycles. The van der Waals surface area contributed by atoms with Gasteiger partial charge in [0.1, 0.15) is 5.75 Å². The van der Waals surface area contributed by atoms with Crippen LogP contribution in [-0.2, 0) is 4.74 Å². The Labute approximate surface area is 99.3 Å². The smallest absolute Gasteiger partial charge is 0.252 e. The molecule has 1 aromatic carbocycles. The molecule has 0 bridgehead atoms. The molecule has 16 heavy (non-hydrogen) atoms. The summed E-state index contributed by atoms with van der Waals surface area (Å²) in [4.78, 5) is 11.1. The molecule has 0 aliphatic carbocycles. The van der Waals surface area contributed by atoms with E-state index < -0.39 is 5.91 Å². The van der Waals surface area contributed by atoms with Gasteiger partial charge in [0.25, 0.3) is 5.91 Å². The molecule has 0 aromatic heterocycles. The van der Waals surface area contributed by atoms with Crippen LogP contribution >= 0.6 is 11.6 Å². The van der Waals surface area contributed by atoms with Crippen LogP contribution in [0, 0.1) is 0 Å². The molecule has 0 aliphatic rings. The minimum atomic E-state index is -0.552. The van der Waals surface area contributed by atoms with Crippen LogP contribution in [0.5, 0.6) is 5.75 Å². The van der Waals surface area contributed by atoms with Crippen molar-refractivity contribution in [2.24, 2.45) is 5.73 Å². The SMILES string of the molecule is COCCCOc1ccc(Cl)cc1C(N)=O. The van der Waals surface area contributed by atoms with Crippen LogP contribution in [0.1, 0.15) is 16.8 Å². The second-order valence-corrected chi connectivity index (χ2v) is 3.64. The number of hydrogen-bond acceptors (Lipinski definition) is 3. The van der Waals surface area contributed by atoms with Gasteiger partial charge in [-0.05, 0) is 18.2 Å². The molecule has 88 valence electrons. The van der Waals surface area contributed by atoms with Crippen molar-refractivity contribution in [2.75, 3.05) is 20.3 Å². The number of primary amides is 1. The van der Waals surface area contributed by atoms with Gasteiger partial charge >= 0.3 is 0 Å². The first-order valence-electron chi connectivity index (χ1n) is 4.86. The van der Waals surface area contributed by atoms with Gasteiger partial charge in [-0.1, -0.05) is 11.6 Å². The molecule has 0 aliphatic heterocycles. The highest BCUT2D eigenvalue weighted by Gasteiger charge is 2.09. The van der Waals surface area contributed by atoms with Crippen molar-refractivity contribution in [3.63, 3.8) is 0 Å². The zero-order chi connectivity index (χ0) is 12.0. The third-order valence-electron chi connectivity index (χ3n) is 1.96. The molecular formula is C11H14ClNO3. The van der Waals surface area contributed by atoms with Crippen molar-refractivity contribution < 1.29 is 14.3 Å². The third kappa shape index (κ3) is 3.72. The lowest BCUT2D eigenvalue weighted by molar-refractivity contribution is 0.0995. The van der Waals surface area contributed by atoms with Crippen molar-refractivity contribution in [3.05, 3.63) is 28.8 Å². The van der Waals surface area contributed by atoms with Crippen molar-refractivity contribution in [2.45, 2.75) is 6.42 Å². The second-order valence-electron chi connectivity index (χ2n) is 3.20. The summed E-state index contributed by atoms with van der Waals surface area (Å²) in [5.74, 6) is -0.0998. The van der Waals surface area contributed by atoms with Crippen LogP contribution in [-0.4, -0.2) is 26.2 Å². The van der Waals surface area contributed by atoms with E-state index in [0.29, 0.717) is 29.5 Å². The molecule has 0 unspecified atom stereocenters. The maximum Gasteiger partial charge on any atom is 0.252 e. The van der Waals surface area contributed by atoms with Crippen LogP contribution in [0.15, 0.2) is 18.2 Å². The number of ether oxygens (including phenoxy) is 2. The van der Waals surface area contributed by atoms with Gasteiger partial charge in [-0.3, -0.25) is 4.79 Å². The molecule has 4 nitrogen and oxygen atoms in total. The molecule has 0 atom stereocenters. The Morgan fingerprint density at radius 1 is 1.44 bits per heavy atom. The van der Waals surface area contributed by atoms with E-state index in [0.717, 1.165) is 6.42 Å². The van der Waals surface area contributed by atoms with Crippen LogP contribution in [0.4, 0.5) is 0 Å². The first kappa shape index (κ1) is 12.8. The second kappa shape index (κ2) is 6.35. The number of carbonyl (C=O) groups is 1. The summed E-state index contributed by atoms with van der Waals surface area (Å²) in [6.45, 7) is 1.08. The molecule has 1 aromatic rings. The van der Waals surface area contributed by atoms with E-state index in [2.05, 4.69) is 0 Å². The number of rotatable bonds is 6. The van der Waals surface area contributed by atoms with Gasteiger partial charge in [0.2, 0.25) is 0 Å². The molecule has 1 amide bonds. The van der Waals surface area contributed by atoms with Crippen molar-refractivity contribution >= 4 is 17.5 Å². The summed E-state index contributed by atoms with van der Waals surface area (Å²) in [6.07, 6.45) is 0.747. The Morgan fingerprint density at radius 3 is 2.81 bits per heavy atom. The molecule has 1 rings (SSSR count). The first-order valence-corrected chi connectivity index (χ1v) is 5.24. The number of hydrogen-bond donors (Lipinski definition) is 1. The van der Waals surface area contributed by atoms with E-state index in [9.17, 15) is 4.79 Å². The summed E-state index contributed by atoms with van der Waals surface area (Å²) >= 11 is 5.76. The maximum absolute atomic E-state index is 11.1. The Morgan fingerprint density at radius 2 is 2.19 bits per heavy atom. The monoisotopic (exact) mass is 243 g/mol. The van der Waals surface area contributed by atoms with Gasteiger partial charge in [0.05, 0.1) is 12.2 Å². The minimum Gasteiger partial charge on any atom is -0.493 e. The van der Waals surface area contributed by atoms with E-state index in [4.69, 9.17) is 26.8 Å². The van der Waals surface area contributed by atoms with Gasteiger partial charge in [-0.15, -0.1) is 0 Å². The van der Waals surface area contributed by atoms with Gasteiger partial charge in [-0.25, -0.2) is 0 Å². The van der Waals surface area contributed by atoms with E-state index in [-0.39, 0.29) is 0 Å². The van der Waals surface area contributed by atoms with Gasteiger partial charge in [0.15, 0.2) is 0 Å². The highest BCUT2D eigenvalue weighted by atomic mass is 35.5. The number of carbonyl (C=O) groups excluding carboxylic acids is 1. The van der Waals surface area contributed by atoms with E-state index in [1.165, 1.54) is 6.07 Å². The van der Waals surface area contributed by atoms with Crippen LogP contribution in [0.3, 0.4) is 0 Å². The Balaban J connectivity index is 2.67. The van der Waals surface area contributed by atoms with Crippen LogP contribution in [0.2, 0.25) is 5.02 Å². The number of halogens is 1. The molecule has 0 spiro atoms. The van der Waals surface area contributed by atoms with Gasteiger partial charge in [-0.2, -0.15) is 0 Å². The minimum absolute atomic E-state index is 0.296. The van der Waals surface area contributed by atoms with E-state index in [1.807, 2.05) is 0 Å². The lowest BCUT2D eigenvalue weighted by atomic mass is 10.2. The molecule has 2 N–H and O–H groups in total. The van der Waals surface area contributed by atoms with E-state index in [1.54, 1.807) is 19.2 Å². The normalized spacial score (nSPS) is 10.1.